The lowest BCUT2D eigenvalue weighted by Crippen LogP contribution is -2.46. The molecule has 0 unspecified atom stereocenters. The lowest BCUT2D eigenvalue weighted by atomic mass is 10.5. The highest BCUT2D eigenvalue weighted by atomic mass is 31.2. The number of carboxylic acid groups (broad SMARTS) is 1. The van der Waals surface area contributed by atoms with Crippen molar-refractivity contribution in [2.75, 3.05) is 41.0 Å². The maximum Gasteiger partial charge on any atom is 0.471 e. The van der Waals surface area contributed by atoms with Gasteiger partial charge in [-0.2, -0.15) is 13.2 Å². The van der Waals surface area contributed by atoms with Crippen molar-refractivity contribution >= 4 is 19.3 Å². The molecular weight excluding hydrogens is 302 g/mol. The molecule has 1 N–H and O–H groups in total. The van der Waals surface area contributed by atoms with Crippen LogP contribution < -0.4 is 0 Å². The Morgan fingerprint density at radius 3 is 1.75 bits per heavy atom. The summed E-state index contributed by atoms with van der Waals surface area (Å²) in [7, 11) is 2.00. The fraction of sp³-hybridized carbons (Fsp3) is 0.778. The van der Waals surface area contributed by atoms with Crippen LogP contribution in [0.15, 0.2) is 0 Å². The van der Waals surface area contributed by atoms with E-state index in [0.29, 0.717) is 0 Å². The molecule has 0 radical (unpaired) electrons. The van der Waals surface area contributed by atoms with E-state index in [1.165, 1.54) is 37.5 Å². The van der Waals surface area contributed by atoms with Gasteiger partial charge in [0.25, 0.3) is 0 Å². The molecule has 0 saturated heterocycles. The first-order valence-corrected chi connectivity index (χ1v) is 7.14. The zero-order valence-electron chi connectivity index (χ0n) is 11.5. The lowest BCUT2D eigenvalue weighted by molar-refractivity contribution is -0.185. The molecule has 0 heterocycles. The Hall–Kier alpha value is -1.12. The van der Waals surface area contributed by atoms with E-state index in [0.717, 1.165) is 0 Å². The van der Waals surface area contributed by atoms with Gasteiger partial charge in [0.05, 0.1) is 0 Å². The molecule has 118 valence electrons. The first-order chi connectivity index (χ1) is 8.82. The van der Waals surface area contributed by atoms with Crippen molar-refractivity contribution in [3.8, 4) is 0 Å². The molecule has 7 nitrogen and oxygen atoms in total. The molecule has 11 heteroatoms. The van der Waals surface area contributed by atoms with Crippen LogP contribution in [0, 0.1) is 0 Å². The Kier molecular flexibility index (Phi) is 6.19. The van der Waals surface area contributed by atoms with E-state index < -0.39 is 38.3 Å². The summed E-state index contributed by atoms with van der Waals surface area (Å²) >= 11 is 0. The van der Waals surface area contributed by atoms with Crippen molar-refractivity contribution in [3.05, 3.63) is 0 Å². The third-order valence-corrected chi connectivity index (χ3v) is 5.67. The lowest BCUT2D eigenvalue weighted by Gasteiger charge is -2.34. The Bertz CT molecular complexity index is 413. The summed E-state index contributed by atoms with van der Waals surface area (Å²) < 4.78 is 52.2. The Morgan fingerprint density at radius 1 is 1.10 bits per heavy atom. The molecule has 0 spiro atoms. The molecule has 0 rings (SSSR count). The van der Waals surface area contributed by atoms with Gasteiger partial charge >= 0.3 is 18.1 Å². The highest BCUT2D eigenvalue weighted by molar-refractivity contribution is 7.58. The SMILES string of the molecule is CN(C)P(=O)(CN(CC(=O)O)C(=O)C(F)(F)F)N(C)C. The predicted molar refractivity (Wildman–Crippen MR) is 65.3 cm³/mol. The third-order valence-electron chi connectivity index (χ3n) is 2.46. The van der Waals surface area contributed by atoms with E-state index in [2.05, 4.69) is 0 Å². The smallest absolute Gasteiger partial charge is 0.471 e. The molecule has 0 bridgehead atoms. The van der Waals surface area contributed by atoms with Gasteiger partial charge < -0.3 is 10.0 Å². The van der Waals surface area contributed by atoms with Crippen LogP contribution in [0.3, 0.4) is 0 Å². The zero-order chi connectivity index (χ0) is 16.3. The predicted octanol–water partition coefficient (Wildman–Crippen LogP) is 0.736. The van der Waals surface area contributed by atoms with Crippen molar-refractivity contribution in [3.63, 3.8) is 0 Å². The molecule has 1 amide bonds. The van der Waals surface area contributed by atoms with E-state index in [9.17, 15) is 27.3 Å². The molecule has 0 atom stereocenters. The minimum absolute atomic E-state index is 0.0309. The average molecular weight is 319 g/mol. The molecule has 0 fully saturated rings. The number of halogens is 3. The van der Waals surface area contributed by atoms with Crippen molar-refractivity contribution in [1.82, 2.24) is 14.2 Å². The number of amides is 1. The van der Waals surface area contributed by atoms with Crippen molar-refractivity contribution in [2.24, 2.45) is 0 Å². The monoisotopic (exact) mass is 319 g/mol. The Morgan fingerprint density at radius 2 is 1.50 bits per heavy atom. The summed E-state index contributed by atoms with van der Waals surface area (Å²) in [5, 5.41) is 8.59. The fourth-order valence-electron chi connectivity index (χ4n) is 1.36. The Labute approximate surface area is 114 Å². The first-order valence-electron chi connectivity index (χ1n) is 5.35. The number of carbonyl (C=O) groups is 2. The summed E-state index contributed by atoms with van der Waals surface area (Å²) in [6.45, 7) is -1.18. The van der Waals surface area contributed by atoms with Crippen LogP contribution in [-0.2, 0) is 14.2 Å². The van der Waals surface area contributed by atoms with Crippen molar-refractivity contribution in [2.45, 2.75) is 6.18 Å². The van der Waals surface area contributed by atoms with Crippen LogP contribution in [0.5, 0.6) is 0 Å². The van der Waals surface area contributed by atoms with Crippen LogP contribution in [-0.4, -0.2) is 78.4 Å². The summed E-state index contributed by atoms with van der Waals surface area (Å²) in [5.41, 5.74) is 0. The van der Waals surface area contributed by atoms with Gasteiger partial charge in [0.15, 0.2) is 0 Å². The second-order valence-electron chi connectivity index (χ2n) is 4.40. The molecule has 0 saturated carbocycles. The first kappa shape index (κ1) is 18.9. The molecule has 20 heavy (non-hydrogen) atoms. The largest absolute Gasteiger partial charge is 0.480 e. The molecule has 0 aliphatic heterocycles. The normalized spacial score (nSPS) is 12.8. The van der Waals surface area contributed by atoms with E-state index in [1.807, 2.05) is 0 Å². The number of carbonyl (C=O) groups excluding carboxylic acids is 1. The molecule has 0 aromatic rings. The number of carboxylic acids is 1. The van der Waals surface area contributed by atoms with Crippen LogP contribution in [0.2, 0.25) is 0 Å². The second-order valence-corrected chi connectivity index (χ2v) is 7.61. The van der Waals surface area contributed by atoms with E-state index in [-0.39, 0.29) is 4.90 Å². The maximum absolute atomic E-state index is 12.5. The number of aliphatic carboxylic acids is 1. The zero-order valence-corrected chi connectivity index (χ0v) is 12.4. The van der Waals surface area contributed by atoms with Gasteiger partial charge in [-0.3, -0.25) is 14.2 Å². The molecule has 0 aliphatic rings. The highest BCUT2D eigenvalue weighted by Gasteiger charge is 2.45. The number of hydrogen-bond donors (Lipinski definition) is 1. The van der Waals surface area contributed by atoms with Gasteiger partial charge in [0.1, 0.15) is 12.8 Å². The van der Waals surface area contributed by atoms with Gasteiger partial charge in [0, 0.05) is 0 Å². The maximum atomic E-state index is 12.5. The van der Waals surface area contributed by atoms with Gasteiger partial charge in [-0.15, -0.1) is 0 Å². The summed E-state index contributed by atoms with van der Waals surface area (Å²) in [5.74, 6) is -3.95. The van der Waals surface area contributed by atoms with Crippen LogP contribution in [0.1, 0.15) is 0 Å². The van der Waals surface area contributed by atoms with Crippen molar-refractivity contribution in [1.29, 1.82) is 0 Å². The van der Waals surface area contributed by atoms with Crippen LogP contribution in [0.25, 0.3) is 0 Å². The van der Waals surface area contributed by atoms with Crippen LogP contribution >= 0.6 is 7.44 Å². The van der Waals surface area contributed by atoms with Gasteiger partial charge in [-0.05, 0) is 28.2 Å². The topological polar surface area (TPSA) is 81.2 Å². The van der Waals surface area contributed by atoms with Crippen LogP contribution in [0.4, 0.5) is 13.2 Å². The summed E-state index contributed by atoms with van der Waals surface area (Å²) in [6.07, 6.45) is -6.06. The highest BCUT2D eigenvalue weighted by Crippen LogP contribution is 2.50. The van der Waals surface area contributed by atoms with Gasteiger partial charge in [-0.25, -0.2) is 9.34 Å². The number of hydrogen-bond acceptors (Lipinski definition) is 3. The summed E-state index contributed by atoms with van der Waals surface area (Å²) in [4.78, 5) is 21.8. The standard InChI is InChI=1S/C9H17F3N3O4P/c1-13(2)20(19,14(3)4)6-15(5-7(16)17)8(18)9(10,11)12/h5-6H2,1-4H3,(H,16,17). The van der Waals surface area contributed by atoms with Crippen molar-refractivity contribution < 1.29 is 32.4 Å². The van der Waals surface area contributed by atoms with E-state index in [1.54, 1.807) is 0 Å². The van der Waals surface area contributed by atoms with E-state index >= 15 is 0 Å². The minimum Gasteiger partial charge on any atom is -0.480 e. The summed E-state index contributed by atoms with van der Waals surface area (Å²) in [6, 6.07) is 0. The molecule has 0 aliphatic carbocycles. The Balaban J connectivity index is 5.42. The van der Waals surface area contributed by atoms with Gasteiger partial charge in [-0.1, -0.05) is 0 Å². The van der Waals surface area contributed by atoms with E-state index in [4.69, 9.17) is 5.11 Å². The molecule has 0 aromatic carbocycles. The fourth-order valence-corrected chi connectivity index (χ4v) is 3.26. The van der Waals surface area contributed by atoms with Gasteiger partial charge in [0.2, 0.25) is 7.44 Å². The second kappa shape index (κ2) is 6.55. The molecular formula is C9H17F3N3O4P. The number of rotatable bonds is 6. The number of alkyl halides is 3. The quantitative estimate of drug-likeness (QED) is 0.727. The molecule has 0 aromatic heterocycles. The third kappa shape index (κ3) is 4.77. The number of nitrogens with zero attached hydrogens (tertiary/aromatic N) is 3. The average Bonchev–Trinajstić information content (AvgIpc) is 2.24. The minimum atomic E-state index is -5.22.